The van der Waals surface area contributed by atoms with E-state index >= 15 is 0 Å². The van der Waals surface area contributed by atoms with Crippen LogP contribution in [0, 0.1) is 0 Å². The SMILES string of the molecule is CC(C)Oc1cc2c(cn1)CN=C2c1ccnc(N2CCN(Cc3ccncc3)CC2)c1. The lowest BCUT2D eigenvalue weighted by Gasteiger charge is -2.35. The first-order chi connectivity index (χ1) is 15.7. The largest absolute Gasteiger partial charge is 0.475 e. The second kappa shape index (κ2) is 9.04. The smallest absolute Gasteiger partial charge is 0.214 e. The molecule has 5 rings (SSSR count). The standard InChI is InChI=1S/C25H28N6O/c1-18(2)32-24-14-22-21(15-28-24)16-29-25(22)20-5-8-27-23(13-20)31-11-9-30(10-12-31)17-19-3-6-26-7-4-19/h3-8,13-15,18H,9-12,16-17H2,1-2H3. The number of fused-ring (bicyclic) bond motifs is 1. The summed E-state index contributed by atoms with van der Waals surface area (Å²) in [5.74, 6) is 1.66. The minimum Gasteiger partial charge on any atom is -0.475 e. The molecule has 0 atom stereocenters. The summed E-state index contributed by atoms with van der Waals surface area (Å²) in [7, 11) is 0. The summed E-state index contributed by atoms with van der Waals surface area (Å²) >= 11 is 0. The molecule has 0 N–H and O–H groups in total. The van der Waals surface area contributed by atoms with Gasteiger partial charge in [0.2, 0.25) is 5.88 Å². The van der Waals surface area contributed by atoms with Gasteiger partial charge in [-0.3, -0.25) is 14.9 Å². The quantitative estimate of drug-likeness (QED) is 0.600. The van der Waals surface area contributed by atoms with Crippen molar-refractivity contribution in [3.63, 3.8) is 0 Å². The maximum absolute atomic E-state index is 5.80. The van der Waals surface area contributed by atoms with E-state index in [1.807, 2.05) is 50.8 Å². The Balaban J connectivity index is 1.28. The van der Waals surface area contributed by atoms with Gasteiger partial charge in [-0.05, 0) is 43.7 Å². The molecule has 0 aliphatic carbocycles. The molecular formula is C25H28N6O. The predicted octanol–water partition coefficient (Wildman–Crippen LogP) is 3.33. The Kier molecular flexibility index (Phi) is 5.81. The van der Waals surface area contributed by atoms with E-state index in [1.165, 1.54) is 5.56 Å². The summed E-state index contributed by atoms with van der Waals surface area (Å²) in [6.45, 7) is 9.59. The van der Waals surface area contributed by atoms with E-state index in [9.17, 15) is 0 Å². The Hall–Kier alpha value is -3.32. The fourth-order valence-corrected chi connectivity index (χ4v) is 4.23. The summed E-state index contributed by atoms with van der Waals surface area (Å²) in [6, 6.07) is 10.4. The molecule has 0 bridgehead atoms. The molecule has 0 unspecified atom stereocenters. The number of nitrogens with zero attached hydrogens (tertiary/aromatic N) is 6. The molecule has 164 valence electrons. The van der Waals surface area contributed by atoms with Crippen molar-refractivity contribution >= 4 is 11.5 Å². The van der Waals surface area contributed by atoms with E-state index in [0.717, 1.165) is 60.9 Å². The highest BCUT2D eigenvalue weighted by atomic mass is 16.5. The average Bonchev–Trinajstić information content (AvgIpc) is 3.23. The predicted molar refractivity (Wildman–Crippen MR) is 125 cm³/mol. The zero-order valence-corrected chi connectivity index (χ0v) is 18.6. The van der Waals surface area contributed by atoms with Gasteiger partial charge in [0.05, 0.1) is 18.4 Å². The molecule has 0 saturated carbocycles. The number of piperazine rings is 1. The van der Waals surface area contributed by atoms with Crippen molar-refractivity contribution in [3.05, 3.63) is 77.4 Å². The van der Waals surface area contributed by atoms with Crippen LogP contribution in [0.25, 0.3) is 0 Å². The Morgan fingerprint density at radius 1 is 0.969 bits per heavy atom. The molecule has 32 heavy (non-hydrogen) atoms. The highest BCUT2D eigenvalue weighted by Gasteiger charge is 2.22. The van der Waals surface area contributed by atoms with Crippen molar-refractivity contribution in [2.75, 3.05) is 31.1 Å². The summed E-state index contributed by atoms with van der Waals surface area (Å²) in [5, 5.41) is 0. The highest BCUT2D eigenvalue weighted by Crippen LogP contribution is 2.27. The zero-order valence-electron chi connectivity index (χ0n) is 18.6. The summed E-state index contributed by atoms with van der Waals surface area (Å²) in [6.07, 6.45) is 7.58. The van der Waals surface area contributed by atoms with Crippen molar-refractivity contribution in [1.82, 2.24) is 19.9 Å². The number of aliphatic imine (C=N–C) groups is 1. The van der Waals surface area contributed by atoms with E-state index in [0.29, 0.717) is 12.4 Å². The van der Waals surface area contributed by atoms with Gasteiger partial charge in [0, 0.05) is 80.3 Å². The maximum Gasteiger partial charge on any atom is 0.214 e. The molecule has 5 heterocycles. The number of anilines is 1. The fraction of sp³-hybridized carbons (Fsp3) is 0.360. The van der Waals surface area contributed by atoms with Crippen LogP contribution in [-0.4, -0.2) is 57.8 Å². The molecule has 0 amide bonds. The zero-order chi connectivity index (χ0) is 21.9. The van der Waals surface area contributed by atoms with Crippen LogP contribution in [0.5, 0.6) is 5.88 Å². The minimum absolute atomic E-state index is 0.0899. The van der Waals surface area contributed by atoms with E-state index in [2.05, 4.69) is 43.0 Å². The molecule has 1 saturated heterocycles. The number of aromatic nitrogens is 3. The van der Waals surface area contributed by atoms with E-state index in [-0.39, 0.29) is 6.10 Å². The van der Waals surface area contributed by atoms with E-state index in [4.69, 9.17) is 9.73 Å². The summed E-state index contributed by atoms with van der Waals surface area (Å²) < 4.78 is 5.80. The van der Waals surface area contributed by atoms with Crippen LogP contribution in [0.2, 0.25) is 0 Å². The molecule has 7 heteroatoms. The number of hydrogen-bond acceptors (Lipinski definition) is 7. The second-order valence-electron chi connectivity index (χ2n) is 8.53. The Labute approximate surface area is 188 Å². The monoisotopic (exact) mass is 428 g/mol. The lowest BCUT2D eigenvalue weighted by molar-refractivity contribution is 0.232. The molecule has 3 aromatic rings. The third-order valence-electron chi connectivity index (χ3n) is 5.85. The first kappa shape index (κ1) is 20.6. The van der Waals surface area contributed by atoms with Gasteiger partial charge in [0.25, 0.3) is 0 Å². The van der Waals surface area contributed by atoms with Crippen LogP contribution >= 0.6 is 0 Å². The van der Waals surface area contributed by atoms with Crippen LogP contribution in [-0.2, 0) is 13.1 Å². The Bertz CT molecular complexity index is 1110. The molecule has 0 spiro atoms. The van der Waals surface area contributed by atoms with Gasteiger partial charge >= 0.3 is 0 Å². The lowest BCUT2D eigenvalue weighted by atomic mass is 10.0. The van der Waals surface area contributed by atoms with E-state index < -0.39 is 0 Å². The van der Waals surface area contributed by atoms with Gasteiger partial charge in [0.15, 0.2) is 0 Å². The van der Waals surface area contributed by atoms with Crippen LogP contribution in [0.3, 0.4) is 0 Å². The Morgan fingerprint density at radius 2 is 1.78 bits per heavy atom. The molecule has 0 radical (unpaired) electrons. The molecule has 0 aromatic carbocycles. The number of ether oxygens (including phenoxy) is 1. The van der Waals surface area contributed by atoms with Crippen LogP contribution < -0.4 is 9.64 Å². The van der Waals surface area contributed by atoms with Gasteiger partial charge in [0.1, 0.15) is 5.82 Å². The van der Waals surface area contributed by atoms with Crippen molar-refractivity contribution in [3.8, 4) is 5.88 Å². The third kappa shape index (κ3) is 4.48. The van der Waals surface area contributed by atoms with Crippen LogP contribution in [0.1, 0.15) is 36.1 Å². The lowest BCUT2D eigenvalue weighted by Crippen LogP contribution is -2.46. The van der Waals surface area contributed by atoms with Crippen LogP contribution in [0.15, 0.2) is 60.1 Å². The number of pyridine rings is 3. The average molecular weight is 429 g/mol. The van der Waals surface area contributed by atoms with Crippen molar-refractivity contribution < 1.29 is 4.74 Å². The molecule has 2 aliphatic heterocycles. The Morgan fingerprint density at radius 3 is 2.56 bits per heavy atom. The second-order valence-corrected chi connectivity index (χ2v) is 8.53. The molecule has 1 fully saturated rings. The number of hydrogen-bond donors (Lipinski definition) is 0. The summed E-state index contributed by atoms with van der Waals surface area (Å²) in [5.41, 5.74) is 5.64. The highest BCUT2D eigenvalue weighted by molar-refractivity contribution is 6.15. The van der Waals surface area contributed by atoms with Gasteiger partial charge in [-0.25, -0.2) is 9.97 Å². The molecular weight excluding hydrogens is 400 g/mol. The molecule has 7 nitrogen and oxygen atoms in total. The van der Waals surface area contributed by atoms with Crippen molar-refractivity contribution in [1.29, 1.82) is 0 Å². The van der Waals surface area contributed by atoms with Crippen molar-refractivity contribution in [2.45, 2.75) is 33.0 Å². The van der Waals surface area contributed by atoms with Crippen molar-refractivity contribution in [2.24, 2.45) is 4.99 Å². The molecule has 3 aromatic heterocycles. The summed E-state index contributed by atoms with van der Waals surface area (Å²) in [4.78, 5) is 22.8. The number of rotatable bonds is 6. The normalized spacial score (nSPS) is 16.2. The van der Waals surface area contributed by atoms with Gasteiger partial charge in [-0.15, -0.1) is 0 Å². The van der Waals surface area contributed by atoms with E-state index in [1.54, 1.807) is 0 Å². The maximum atomic E-state index is 5.80. The minimum atomic E-state index is 0.0899. The fourth-order valence-electron chi connectivity index (χ4n) is 4.23. The topological polar surface area (TPSA) is 66.7 Å². The molecule has 2 aliphatic rings. The van der Waals surface area contributed by atoms with Gasteiger partial charge < -0.3 is 9.64 Å². The van der Waals surface area contributed by atoms with Gasteiger partial charge in [-0.2, -0.15) is 0 Å². The third-order valence-corrected chi connectivity index (χ3v) is 5.85. The van der Waals surface area contributed by atoms with Gasteiger partial charge in [-0.1, -0.05) is 0 Å². The van der Waals surface area contributed by atoms with Crippen LogP contribution in [0.4, 0.5) is 5.82 Å². The first-order valence-corrected chi connectivity index (χ1v) is 11.2. The first-order valence-electron chi connectivity index (χ1n) is 11.2.